The van der Waals surface area contributed by atoms with Crippen molar-refractivity contribution < 1.29 is 38.1 Å². The molecule has 0 aromatic heterocycles. The zero-order chi connectivity index (χ0) is 21.4. The van der Waals surface area contributed by atoms with E-state index in [0.29, 0.717) is 19.6 Å². The molecule has 8 nitrogen and oxygen atoms in total. The standard InChI is InChI=1S/C19H29BO8/c1-5-16(21)26-12-19(13-27-17(22)6-2,14-28-18(23)7-3)11-24-10-9-15(20)25-8-4/h5-7,15H,1-3,8-14,20H2,4H3. The number of carbonyl (C=O) groups excluding carboxylic acids is 3. The average molecular weight is 396 g/mol. The predicted octanol–water partition coefficient (Wildman–Crippen LogP) is 0.563. The molecule has 0 fully saturated rings. The Morgan fingerprint density at radius 3 is 1.68 bits per heavy atom. The molecule has 9 heteroatoms. The summed E-state index contributed by atoms with van der Waals surface area (Å²) in [5.74, 6) is -2.00. The molecule has 0 saturated carbocycles. The molecule has 0 saturated heterocycles. The largest absolute Gasteiger partial charge is 0.462 e. The van der Waals surface area contributed by atoms with Crippen molar-refractivity contribution in [3.8, 4) is 0 Å². The van der Waals surface area contributed by atoms with E-state index in [9.17, 15) is 14.4 Å². The van der Waals surface area contributed by atoms with E-state index in [1.165, 1.54) is 0 Å². The van der Waals surface area contributed by atoms with Gasteiger partial charge in [-0.15, -0.1) is 0 Å². The summed E-state index contributed by atoms with van der Waals surface area (Å²) < 4.78 is 26.4. The fraction of sp³-hybridized carbons (Fsp3) is 0.526. The summed E-state index contributed by atoms with van der Waals surface area (Å²) in [6.07, 6.45) is 3.64. The zero-order valence-corrected chi connectivity index (χ0v) is 16.6. The second-order valence-electron chi connectivity index (χ2n) is 6.04. The summed E-state index contributed by atoms with van der Waals surface area (Å²) in [7, 11) is 1.92. The number of ether oxygens (including phenoxy) is 5. The SMILES string of the molecule is BC(CCOCC(COC(=O)C=C)(COC(=O)C=C)COC(=O)C=C)OCC. The van der Waals surface area contributed by atoms with Gasteiger partial charge in [0.05, 0.1) is 12.0 Å². The average Bonchev–Trinajstić information content (AvgIpc) is 2.70. The molecule has 0 rings (SSSR count). The minimum Gasteiger partial charge on any atom is -0.462 e. The molecule has 0 aromatic carbocycles. The molecular weight excluding hydrogens is 367 g/mol. The van der Waals surface area contributed by atoms with Gasteiger partial charge in [-0.1, -0.05) is 19.7 Å². The van der Waals surface area contributed by atoms with Crippen molar-refractivity contribution in [2.45, 2.75) is 19.3 Å². The molecule has 1 atom stereocenters. The Balaban J connectivity index is 5.15. The first-order valence-corrected chi connectivity index (χ1v) is 8.89. The van der Waals surface area contributed by atoms with Crippen molar-refractivity contribution in [3.05, 3.63) is 38.0 Å². The van der Waals surface area contributed by atoms with Crippen LogP contribution in [0.4, 0.5) is 0 Å². The minimum atomic E-state index is -1.11. The van der Waals surface area contributed by atoms with Crippen molar-refractivity contribution >= 4 is 25.8 Å². The monoisotopic (exact) mass is 396 g/mol. The number of hydrogen-bond acceptors (Lipinski definition) is 8. The highest BCUT2D eigenvalue weighted by Crippen LogP contribution is 2.21. The maximum Gasteiger partial charge on any atom is 0.330 e. The van der Waals surface area contributed by atoms with E-state index in [1.807, 2.05) is 14.8 Å². The van der Waals surface area contributed by atoms with Gasteiger partial charge in [0, 0.05) is 37.4 Å². The first kappa shape index (κ1) is 25.6. The first-order valence-electron chi connectivity index (χ1n) is 8.89. The fourth-order valence-electron chi connectivity index (χ4n) is 2.01. The second kappa shape index (κ2) is 14.6. The number of esters is 3. The molecule has 0 spiro atoms. The van der Waals surface area contributed by atoms with Gasteiger partial charge in [0.25, 0.3) is 0 Å². The topological polar surface area (TPSA) is 97.4 Å². The molecular formula is C19H29BO8. The van der Waals surface area contributed by atoms with Crippen LogP contribution in [0.3, 0.4) is 0 Å². The van der Waals surface area contributed by atoms with E-state index in [2.05, 4.69) is 19.7 Å². The Labute approximate surface area is 166 Å². The van der Waals surface area contributed by atoms with Crippen LogP contribution in [0.25, 0.3) is 0 Å². The van der Waals surface area contributed by atoms with E-state index in [0.717, 1.165) is 18.2 Å². The van der Waals surface area contributed by atoms with Crippen LogP contribution in [0.5, 0.6) is 0 Å². The molecule has 0 amide bonds. The van der Waals surface area contributed by atoms with Crippen molar-refractivity contribution in [1.29, 1.82) is 0 Å². The molecule has 0 aliphatic carbocycles. The zero-order valence-electron chi connectivity index (χ0n) is 16.6. The van der Waals surface area contributed by atoms with Gasteiger partial charge in [0.2, 0.25) is 0 Å². The lowest BCUT2D eigenvalue weighted by Crippen LogP contribution is -2.43. The van der Waals surface area contributed by atoms with Gasteiger partial charge in [-0.05, 0) is 13.3 Å². The highest BCUT2D eigenvalue weighted by molar-refractivity contribution is 6.10. The minimum absolute atomic E-state index is 0.00507. The summed E-state index contributed by atoms with van der Waals surface area (Å²) in [6, 6.07) is 0.00943. The van der Waals surface area contributed by atoms with Crippen molar-refractivity contribution in [3.63, 3.8) is 0 Å². The van der Waals surface area contributed by atoms with E-state index >= 15 is 0 Å². The summed E-state index contributed by atoms with van der Waals surface area (Å²) in [5.41, 5.74) is -1.11. The number of hydrogen-bond donors (Lipinski definition) is 0. The highest BCUT2D eigenvalue weighted by atomic mass is 16.6. The summed E-state index contributed by atoms with van der Waals surface area (Å²) in [5, 5.41) is 0. The van der Waals surface area contributed by atoms with Crippen molar-refractivity contribution in [2.75, 3.05) is 39.6 Å². The molecule has 1 unspecified atom stereocenters. The summed E-state index contributed by atoms with van der Waals surface area (Å²) in [4.78, 5) is 34.5. The van der Waals surface area contributed by atoms with E-state index in [1.54, 1.807) is 0 Å². The molecule has 156 valence electrons. The maximum absolute atomic E-state index is 11.5. The van der Waals surface area contributed by atoms with Crippen LogP contribution in [0.1, 0.15) is 13.3 Å². The quantitative estimate of drug-likeness (QED) is 0.123. The molecule has 0 heterocycles. The van der Waals surface area contributed by atoms with Gasteiger partial charge in [-0.2, -0.15) is 0 Å². The van der Waals surface area contributed by atoms with Gasteiger partial charge in [0.1, 0.15) is 27.7 Å². The molecule has 0 bridgehead atoms. The summed E-state index contributed by atoms with van der Waals surface area (Å²) in [6.45, 7) is 12.2. The van der Waals surface area contributed by atoms with Gasteiger partial charge in [-0.25, -0.2) is 14.4 Å². The van der Waals surface area contributed by atoms with Crippen LogP contribution in [-0.2, 0) is 38.1 Å². The van der Waals surface area contributed by atoms with Gasteiger partial charge < -0.3 is 23.7 Å². The molecule has 0 radical (unpaired) electrons. The maximum atomic E-state index is 11.5. The van der Waals surface area contributed by atoms with E-state index < -0.39 is 23.3 Å². The summed E-state index contributed by atoms with van der Waals surface area (Å²) >= 11 is 0. The number of rotatable bonds is 16. The third-order valence-electron chi connectivity index (χ3n) is 3.59. The Hall–Kier alpha value is -2.39. The second-order valence-corrected chi connectivity index (χ2v) is 6.04. The van der Waals surface area contributed by atoms with Crippen LogP contribution in [0, 0.1) is 5.41 Å². The Morgan fingerprint density at radius 2 is 1.32 bits per heavy atom. The van der Waals surface area contributed by atoms with Gasteiger partial charge in [0.15, 0.2) is 0 Å². The van der Waals surface area contributed by atoms with E-state index in [-0.39, 0.29) is 32.4 Å². The predicted molar refractivity (Wildman–Crippen MR) is 105 cm³/mol. The number of carbonyl (C=O) groups is 3. The molecule has 0 aliphatic heterocycles. The lowest BCUT2D eigenvalue weighted by atomic mass is 9.92. The lowest BCUT2D eigenvalue weighted by Gasteiger charge is -2.31. The Morgan fingerprint density at radius 1 is 0.893 bits per heavy atom. The highest BCUT2D eigenvalue weighted by Gasteiger charge is 2.36. The smallest absolute Gasteiger partial charge is 0.330 e. The lowest BCUT2D eigenvalue weighted by molar-refractivity contribution is -0.161. The van der Waals surface area contributed by atoms with E-state index in [4.69, 9.17) is 23.7 Å². The van der Waals surface area contributed by atoms with Crippen LogP contribution in [0.2, 0.25) is 0 Å². The molecule has 0 aliphatic rings. The van der Waals surface area contributed by atoms with Gasteiger partial charge in [-0.3, -0.25) is 0 Å². The van der Waals surface area contributed by atoms with Crippen LogP contribution >= 0.6 is 0 Å². The van der Waals surface area contributed by atoms with Crippen molar-refractivity contribution in [2.24, 2.45) is 5.41 Å². The van der Waals surface area contributed by atoms with Crippen LogP contribution in [0.15, 0.2) is 38.0 Å². The van der Waals surface area contributed by atoms with Crippen molar-refractivity contribution in [1.82, 2.24) is 0 Å². The van der Waals surface area contributed by atoms with Crippen LogP contribution in [-0.4, -0.2) is 71.4 Å². The Bertz CT molecular complexity index is 486. The molecule has 0 aromatic rings. The third kappa shape index (κ3) is 11.4. The molecule has 0 N–H and O–H groups in total. The normalized spacial score (nSPS) is 11.8. The van der Waals surface area contributed by atoms with Crippen LogP contribution < -0.4 is 0 Å². The van der Waals surface area contributed by atoms with Gasteiger partial charge >= 0.3 is 17.9 Å². The third-order valence-corrected chi connectivity index (χ3v) is 3.59. The fourth-order valence-corrected chi connectivity index (χ4v) is 2.01. The first-order chi connectivity index (χ1) is 13.3. The Kier molecular flexibility index (Phi) is 13.4. The molecule has 28 heavy (non-hydrogen) atoms.